The van der Waals surface area contributed by atoms with Crippen molar-refractivity contribution < 1.29 is 9.90 Å². The van der Waals surface area contributed by atoms with Crippen molar-refractivity contribution in [2.45, 2.75) is 52.0 Å². The number of aliphatic carboxylic acids is 1. The average Bonchev–Trinajstić information content (AvgIpc) is 3.46. The van der Waals surface area contributed by atoms with Crippen LogP contribution in [0.1, 0.15) is 55.4 Å². The van der Waals surface area contributed by atoms with Crippen molar-refractivity contribution in [3.63, 3.8) is 0 Å². The number of nitrogens with one attached hydrogen (secondary N) is 1. The highest BCUT2D eigenvalue weighted by Crippen LogP contribution is 2.33. The first-order chi connectivity index (χ1) is 17.1. The Morgan fingerprint density at radius 1 is 1.09 bits per heavy atom. The number of aryl methyl sites for hydroxylation is 2. The molecule has 2 N–H and O–H groups in total. The van der Waals surface area contributed by atoms with Crippen molar-refractivity contribution in [3.05, 3.63) is 77.4 Å². The molecular weight excluding hydrogens is 440 g/mol. The maximum absolute atomic E-state index is 11.6. The molecule has 0 radical (unpaired) electrons. The minimum absolute atomic E-state index is 0.632. The SMILES string of the molecule is CCCc1nc2c(n1Cc1ccc(-c3ccccc3-c3nnn[nH]3)cc1)C(=CC(=O)O)CCCC2. The summed E-state index contributed by atoms with van der Waals surface area (Å²) < 4.78 is 2.24. The number of carboxylic acid groups (broad SMARTS) is 1. The van der Waals surface area contributed by atoms with Gasteiger partial charge in [-0.1, -0.05) is 55.5 Å². The third kappa shape index (κ3) is 4.77. The van der Waals surface area contributed by atoms with Crippen molar-refractivity contribution in [2.24, 2.45) is 0 Å². The molecule has 0 saturated carbocycles. The van der Waals surface area contributed by atoms with Crippen LogP contribution in [0, 0.1) is 0 Å². The van der Waals surface area contributed by atoms with Crippen LogP contribution in [0.3, 0.4) is 0 Å². The molecule has 8 heteroatoms. The van der Waals surface area contributed by atoms with Gasteiger partial charge in [0.1, 0.15) is 5.82 Å². The molecule has 0 amide bonds. The van der Waals surface area contributed by atoms with Gasteiger partial charge in [-0.3, -0.25) is 0 Å². The van der Waals surface area contributed by atoms with E-state index in [0.717, 1.165) is 83.6 Å². The standard InChI is InChI=1S/C27H28N6O2/c1-2-7-24-28-23-11-6-3-8-20(16-25(34)35)26(23)33(24)17-18-12-14-19(15-13-18)21-9-4-5-10-22(21)27-29-31-32-30-27/h4-5,9-10,12-16H,2-3,6-8,11,17H2,1H3,(H,34,35)(H,29,30,31,32). The lowest BCUT2D eigenvalue weighted by Crippen LogP contribution is -2.09. The van der Waals surface area contributed by atoms with Gasteiger partial charge >= 0.3 is 5.97 Å². The summed E-state index contributed by atoms with van der Waals surface area (Å²) >= 11 is 0. The van der Waals surface area contributed by atoms with E-state index in [9.17, 15) is 9.90 Å². The van der Waals surface area contributed by atoms with Crippen molar-refractivity contribution in [3.8, 4) is 22.5 Å². The second kappa shape index (κ2) is 10.0. The fraction of sp³-hybridized carbons (Fsp3) is 0.296. The predicted octanol–water partition coefficient (Wildman–Crippen LogP) is 4.93. The number of nitrogens with zero attached hydrogens (tertiary/aromatic N) is 5. The fourth-order valence-corrected chi connectivity index (χ4v) is 4.87. The van der Waals surface area contributed by atoms with Crippen molar-refractivity contribution in [1.29, 1.82) is 0 Å². The van der Waals surface area contributed by atoms with Crippen molar-refractivity contribution >= 4 is 11.5 Å². The van der Waals surface area contributed by atoms with Gasteiger partial charge in [0.15, 0.2) is 5.82 Å². The predicted molar refractivity (Wildman–Crippen MR) is 134 cm³/mol. The lowest BCUT2D eigenvalue weighted by atomic mass is 9.98. The third-order valence-corrected chi connectivity index (χ3v) is 6.44. The number of H-pyrrole nitrogens is 1. The smallest absolute Gasteiger partial charge is 0.328 e. The molecule has 0 atom stereocenters. The van der Waals surface area contributed by atoms with Crippen LogP contribution < -0.4 is 0 Å². The van der Waals surface area contributed by atoms with E-state index >= 15 is 0 Å². The van der Waals surface area contributed by atoms with Crippen LogP contribution in [0.2, 0.25) is 0 Å². The van der Waals surface area contributed by atoms with Crippen LogP contribution in [-0.2, 0) is 24.2 Å². The van der Waals surface area contributed by atoms with Gasteiger partial charge in [0, 0.05) is 24.6 Å². The molecule has 1 aliphatic carbocycles. The highest BCUT2D eigenvalue weighted by molar-refractivity contribution is 5.90. The molecule has 1 aliphatic rings. The third-order valence-electron chi connectivity index (χ3n) is 6.44. The monoisotopic (exact) mass is 468 g/mol. The maximum atomic E-state index is 11.6. The summed E-state index contributed by atoms with van der Waals surface area (Å²) in [6, 6.07) is 16.5. The van der Waals surface area contributed by atoms with Gasteiger partial charge in [-0.05, 0) is 64.8 Å². The normalized spacial score (nSPS) is 14.6. The number of rotatable bonds is 7. The summed E-state index contributed by atoms with van der Waals surface area (Å²) in [5.41, 5.74) is 7.12. The molecule has 2 aromatic carbocycles. The quantitative estimate of drug-likeness (QED) is 0.294. The number of hydrogen-bond donors (Lipinski definition) is 2. The highest BCUT2D eigenvalue weighted by Gasteiger charge is 2.23. The van der Waals surface area contributed by atoms with E-state index in [1.165, 1.54) is 6.08 Å². The molecule has 2 heterocycles. The van der Waals surface area contributed by atoms with Crippen LogP contribution in [0.4, 0.5) is 0 Å². The van der Waals surface area contributed by atoms with E-state index < -0.39 is 5.97 Å². The van der Waals surface area contributed by atoms with Gasteiger partial charge in [-0.2, -0.15) is 0 Å². The van der Waals surface area contributed by atoms with Crippen LogP contribution in [0.15, 0.2) is 54.6 Å². The van der Waals surface area contributed by atoms with Gasteiger partial charge in [0.05, 0.1) is 11.4 Å². The first kappa shape index (κ1) is 22.7. The highest BCUT2D eigenvalue weighted by atomic mass is 16.4. The minimum atomic E-state index is -0.900. The number of carboxylic acids is 1. The molecule has 4 aromatic rings. The van der Waals surface area contributed by atoms with Crippen LogP contribution in [0.25, 0.3) is 28.1 Å². The minimum Gasteiger partial charge on any atom is -0.478 e. The van der Waals surface area contributed by atoms with Crippen molar-refractivity contribution in [2.75, 3.05) is 0 Å². The fourth-order valence-electron chi connectivity index (χ4n) is 4.87. The van der Waals surface area contributed by atoms with Crippen LogP contribution in [-0.4, -0.2) is 41.3 Å². The molecule has 35 heavy (non-hydrogen) atoms. The number of fused-ring (bicyclic) bond motifs is 1. The number of benzene rings is 2. The first-order valence-electron chi connectivity index (χ1n) is 12.1. The molecule has 0 unspecified atom stereocenters. The Balaban J connectivity index is 1.50. The summed E-state index contributed by atoms with van der Waals surface area (Å²) in [6.07, 6.45) is 6.89. The number of tetrazole rings is 1. The Kier molecular flexibility index (Phi) is 6.52. The Labute approximate surface area is 203 Å². The number of allylic oxidation sites excluding steroid dienone is 1. The molecular formula is C27H28N6O2. The zero-order valence-corrected chi connectivity index (χ0v) is 19.7. The summed E-state index contributed by atoms with van der Waals surface area (Å²) in [5.74, 6) is 0.762. The van der Waals surface area contributed by atoms with E-state index in [4.69, 9.17) is 4.98 Å². The Hall–Kier alpha value is -4.07. The van der Waals surface area contributed by atoms with Gasteiger partial charge in [0.25, 0.3) is 0 Å². The Morgan fingerprint density at radius 2 is 1.86 bits per heavy atom. The van der Waals surface area contributed by atoms with E-state index in [2.05, 4.69) is 62.4 Å². The molecule has 178 valence electrons. The average molecular weight is 469 g/mol. The molecule has 8 nitrogen and oxygen atoms in total. The van der Waals surface area contributed by atoms with Crippen molar-refractivity contribution in [1.82, 2.24) is 30.2 Å². The number of aromatic amines is 1. The summed E-state index contributed by atoms with van der Waals surface area (Å²) in [6.45, 7) is 2.80. The van der Waals surface area contributed by atoms with Crippen LogP contribution >= 0.6 is 0 Å². The molecule has 5 rings (SSSR count). The molecule has 0 bridgehead atoms. The summed E-state index contributed by atoms with van der Waals surface area (Å²) in [4.78, 5) is 16.5. The van der Waals surface area contributed by atoms with Gasteiger partial charge in [-0.25, -0.2) is 14.9 Å². The van der Waals surface area contributed by atoms with E-state index in [-0.39, 0.29) is 0 Å². The number of hydrogen-bond acceptors (Lipinski definition) is 5. The Morgan fingerprint density at radius 3 is 2.57 bits per heavy atom. The zero-order chi connectivity index (χ0) is 24.2. The number of imidazole rings is 1. The summed E-state index contributed by atoms with van der Waals surface area (Å²) in [7, 11) is 0. The number of aromatic nitrogens is 6. The van der Waals surface area contributed by atoms with Gasteiger partial charge in [0.2, 0.25) is 0 Å². The lowest BCUT2D eigenvalue weighted by Gasteiger charge is -2.15. The summed E-state index contributed by atoms with van der Waals surface area (Å²) in [5, 5.41) is 23.8. The second-order valence-electron chi connectivity index (χ2n) is 8.87. The molecule has 0 fully saturated rings. The van der Waals surface area contributed by atoms with Gasteiger partial charge < -0.3 is 9.67 Å². The zero-order valence-electron chi connectivity index (χ0n) is 19.7. The Bertz CT molecular complexity index is 1350. The lowest BCUT2D eigenvalue weighted by molar-refractivity contribution is -0.131. The van der Waals surface area contributed by atoms with Crippen LogP contribution in [0.5, 0.6) is 0 Å². The molecule has 0 spiro atoms. The molecule has 0 aliphatic heterocycles. The largest absolute Gasteiger partial charge is 0.478 e. The first-order valence-corrected chi connectivity index (χ1v) is 12.1. The van der Waals surface area contributed by atoms with E-state index in [1.807, 2.05) is 18.2 Å². The van der Waals surface area contributed by atoms with Gasteiger partial charge in [-0.15, -0.1) is 5.10 Å². The van der Waals surface area contributed by atoms with E-state index in [0.29, 0.717) is 12.4 Å². The molecule has 2 aromatic heterocycles. The molecule has 0 saturated heterocycles. The second-order valence-corrected chi connectivity index (χ2v) is 8.87. The number of carbonyl (C=O) groups is 1. The maximum Gasteiger partial charge on any atom is 0.328 e. The van der Waals surface area contributed by atoms with E-state index in [1.54, 1.807) is 0 Å². The topological polar surface area (TPSA) is 110 Å².